The van der Waals surface area contributed by atoms with E-state index in [0.29, 0.717) is 11.3 Å². The van der Waals surface area contributed by atoms with Gasteiger partial charge in [-0.1, -0.05) is 48.5 Å². The average molecular weight is 335 g/mol. The molecule has 1 aliphatic heterocycles. The molecule has 0 bridgehead atoms. The molecule has 0 atom stereocenters. The molecule has 0 fully saturated rings. The van der Waals surface area contributed by atoms with Crippen LogP contribution in [0.1, 0.15) is 11.3 Å². The molecule has 1 aliphatic rings. The number of hydrogen-bond donors (Lipinski definition) is 0. The molecule has 0 amide bonds. The molecule has 124 valence electrons. The second-order valence-corrected chi connectivity index (χ2v) is 6.12. The first-order chi connectivity index (χ1) is 12.8. The second kappa shape index (κ2) is 6.70. The normalized spacial score (nSPS) is 15.2. The average Bonchev–Trinajstić information content (AvgIpc) is 2.70. The molecule has 2 aromatic carbocycles. The van der Waals surface area contributed by atoms with E-state index < -0.39 is 0 Å². The Morgan fingerprint density at radius 3 is 2.69 bits per heavy atom. The van der Waals surface area contributed by atoms with E-state index in [2.05, 4.69) is 40.2 Å². The van der Waals surface area contributed by atoms with Crippen LogP contribution < -0.4 is 4.90 Å². The van der Waals surface area contributed by atoms with Crippen molar-refractivity contribution in [2.45, 2.75) is 0 Å². The van der Waals surface area contributed by atoms with Crippen LogP contribution in [0.15, 0.2) is 84.6 Å². The topological polar surface area (TPSA) is 39.9 Å². The molecular formula is C23H17N3. The molecule has 0 aliphatic carbocycles. The molecule has 3 nitrogen and oxygen atoms in total. The Kier molecular flexibility index (Phi) is 4.09. The number of likely N-dealkylation sites (N-methyl/N-ethyl adjacent to an activating group) is 1. The van der Waals surface area contributed by atoms with Gasteiger partial charge in [-0.25, -0.2) is 4.98 Å². The lowest BCUT2D eigenvalue weighted by atomic mass is 10.1. The molecule has 0 unspecified atom stereocenters. The minimum atomic E-state index is 0.545. The van der Waals surface area contributed by atoms with Crippen LogP contribution in [0.5, 0.6) is 0 Å². The molecule has 3 heteroatoms. The van der Waals surface area contributed by atoms with E-state index in [1.54, 1.807) is 0 Å². The van der Waals surface area contributed by atoms with Crippen LogP contribution in [-0.4, -0.2) is 12.0 Å². The highest BCUT2D eigenvalue weighted by molar-refractivity contribution is 5.84. The van der Waals surface area contributed by atoms with Gasteiger partial charge in [0, 0.05) is 23.8 Å². The number of allylic oxidation sites excluding steroid dienone is 4. The number of nitriles is 1. The van der Waals surface area contributed by atoms with Crippen molar-refractivity contribution in [1.29, 1.82) is 5.26 Å². The minimum Gasteiger partial charge on any atom is -0.344 e. The van der Waals surface area contributed by atoms with Crippen molar-refractivity contribution in [3.63, 3.8) is 0 Å². The van der Waals surface area contributed by atoms with Gasteiger partial charge >= 0.3 is 0 Å². The van der Waals surface area contributed by atoms with Gasteiger partial charge in [-0.2, -0.15) is 5.26 Å². The Balaban J connectivity index is 1.70. The first-order valence-corrected chi connectivity index (χ1v) is 8.45. The Labute approximate surface area is 152 Å². The number of pyridine rings is 1. The van der Waals surface area contributed by atoms with E-state index in [1.165, 1.54) is 5.56 Å². The smallest absolute Gasteiger partial charge is 0.101 e. The number of para-hydroxylation sites is 2. The summed E-state index contributed by atoms with van der Waals surface area (Å²) in [7, 11) is 2.03. The Hall–Kier alpha value is -3.64. The molecule has 0 spiro atoms. The molecular weight excluding hydrogens is 318 g/mol. The number of fused-ring (bicyclic) bond motifs is 2. The largest absolute Gasteiger partial charge is 0.344 e. The first kappa shape index (κ1) is 15.9. The molecule has 4 rings (SSSR count). The maximum Gasteiger partial charge on any atom is 0.101 e. The summed E-state index contributed by atoms with van der Waals surface area (Å²) in [6, 6.07) is 22.3. The van der Waals surface area contributed by atoms with E-state index >= 15 is 0 Å². The second-order valence-electron chi connectivity index (χ2n) is 6.12. The standard InChI is InChI=1S/C23H17N3/c1-26-20(13-10-18-7-3-5-9-23(18)26)14-11-19(16-24)22-15-12-17-6-2-4-8-21(17)25-22/h2-15H,1H3/b19-11+,20-14+. The lowest BCUT2D eigenvalue weighted by molar-refractivity contribution is 1.12. The SMILES string of the molecule is CN1/C(=C/C=C(\C#N)c2ccc3ccccc3n2)C=Cc2ccccc21. The van der Waals surface area contributed by atoms with Crippen molar-refractivity contribution in [3.8, 4) is 6.07 Å². The van der Waals surface area contributed by atoms with Gasteiger partial charge < -0.3 is 4.90 Å². The van der Waals surface area contributed by atoms with E-state index in [1.807, 2.05) is 67.7 Å². The van der Waals surface area contributed by atoms with Gasteiger partial charge in [-0.3, -0.25) is 0 Å². The number of benzene rings is 2. The number of nitrogens with zero attached hydrogens (tertiary/aromatic N) is 3. The van der Waals surface area contributed by atoms with E-state index in [4.69, 9.17) is 0 Å². The minimum absolute atomic E-state index is 0.545. The molecule has 2 heterocycles. The summed E-state index contributed by atoms with van der Waals surface area (Å²) in [6.45, 7) is 0. The monoisotopic (exact) mass is 335 g/mol. The van der Waals surface area contributed by atoms with Gasteiger partial charge in [0.1, 0.15) is 6.07 Å². The molecule has 0 N–H and O–H groups in total. The van der Waals surface area contributed by atoms with Crippen molar-refractivity contribution < 1.29 is 0 Å². The number of hydrogen-bond acceptors (Lipinski definition) is 3. The molecule has 0 saturated carbocycles. The quantitative estimate of drug-likeness (QED) is 0.605. The zero-order valence-electron chi connectivity index (χ0n) is 14.4. The summed E-state index contributed by atoms with van der Waals surface area (Å²) in [5, 5.41) is 10.7. The Bertz CT molecular complexity index is 1110. The fourth-order valence-electron chi connectivity index (χ4n) is 3.09. The van der Waals surface area contributed by atoms with Crippen molar-refractivity contribution in [1.82, 2.24) is 4.98 Å². The fourth-order valence-corrected chi connectivity index (χ4v) is 3.09. The highest BCUT2D eigenvalue weighted by Crippen LogP contribution is 2.29. The van der Waals surface area contributed by atoms with Crippen LogP contribution in [0.25, 0.3) is 22.6 Å². The third-order valence-corrected chi connectivity index (χ3v) is 4.53. The van der Waals surface area contributed by atoms with E-state index in [-0.39, 0.29) is 0 Å². The summed E-state index contributed by atoms with van der Waals surface area (Å²) in [5.74, 6) is 0. The van der Waals surface area contributed by atoms with Gasteiger partial charge in [0.2, 0.25) is 0 Å². The fraction of sp³-hybridized carbons (Fsp3) is 0.0435. The molecule has 0 radical (unpaired) electrons. The van der Waals surface area contributed by atoms with Gasteiger partial charge in [0.25, 0.3) is 0 Å². The van der Waals surface area contributed by atoms with E-state index in [0.717, 1.165) is 22.3 Å². The summed E-state index contributed by atoms with van der Waals surface area (Å²) < 4.78 is 0. The van der Waals surface area contributed by atoms with Gasteiger partial charge in [-0.05, 0) is 42.0 Å². The van der Waals surface area contributed by atoms with Crippen molar-refractivity contribution in [3.05, 3.63) is 95.8 Å². The third-order valence-electron chi connectivity index (χ3n) is 4.53. The highest BCUT2D eigenvalue weighted by atomic mass is 15.1. The van der Waals surface area contributed by atoms with Crippen LogP contribution in [0.2, 0.25) is 0 Å². The molecule has 26 heavy (non-hydrogen) atoms. The van der Waals surface area contributed by atoms with Crippen LogP contribution in [0.4, 0.5) is 5.69 Å². The zero-order chi connectivity index (χ0) is 17.9. The third kappa shape index (κ3) is 2.89. The Morgan fingerprint density at radius 2 is 1.81 bits per heavy atom. The van der Waals surface area contributed by atoms with E-state index in [9.17, 15) is 5.26 Å². The summed E-state index contributed by atoms with van der Waals surface area (Å²) in [4.78, 5) is 6.73. The summed E-state index contributed by atoms with van der Waals surface area (Å²) in [5.41, 5.74) is 5.49. The van der Waals surface area contributed by atoms with Crippen molar-refractivity contribution >= 4 is 28.2 Å². The lowest BCUT2D eigenvalue weighted by Crippen LogP contribution is -2.18. The molecule has 0 saturated heterocycles. The van der Waals surface area contributed by atoms with Crippen LogP contribution in [-0.2, 0) is 0 Å². The maximum atomic E-state index is 9.59. The summed E-state index contributed by atoms with van der Waals surface area (Å²) >= 11 is 0. The number of anilines is 1. The van der Waals surface area contributed by atoms with Gasteiger partial charge in [0.15, 0.2) is 0 Å². The lowest BCUT2D eigenvalue weighted by Gasteiger charge is -2.26. The predicted octanol–water partition coefficient (Wildman–Crippen LogP) is 5.19. The zero-order valence-corrected chi connectivity index (χ0v) is 14.4. The van der Waals surface area contributed by atoms with Crippen LogP contribution >= 0.6 is 0 Å². The van der Waals surface area contributed by atoms with Crippen LogP contribution in [0.3, 0.4) is 0 Å². The summed E-state index contributed by atoms with van der Waals surface area (Å²) in [6.07, 6.45) is 7.94. The highest BCUT2D eigenvalue weighted by Gasteiger charge is 2.12. The molecule has 1 aromatic heterocycles. The van der Waals surface area contributed by atoms with Gasteiger partial charge in [0.05, 0.1) is 16.8 Å². The number of rotatable bonds is 2. The predicted molar refractivity (Wildman–Crippen MR) is 107 cm³/mol. The Morgan fingerprint density at radius 1 is 1.00 bits per heavy atom. The molecule has 3 aromatic rings. The maximum absolute atomic E-state index is 9.59. The van der Waals surface area contributed by atoms with Crippen molar-refractivity contribution in [2.24, 2.45) is 0 Å². The van der Waals surface area contributed by atoms with Crippen molar-refractivity contribution in [2.75, 3.05) is 11.9 Å². The number of aromatic nitrogens is 1. The first-order valence-electron chi connectivity index (χ1n) is 8.45. The van der Waals surface area contributed by atoms with Crippen LogP contribution in [0, 0.1) is 11.3 Å². The van der Waals surface area contributed by atoms with Gasteiger partial charge in [-0.15, -0.1) is 0 Å².